The van der Waals surface area contributed by atoms with Gasteiger partial charge in [-0.2, -0.15) is 0 Å². The van der Waals surface area contributed by atoms with E-state index in [1.807, 2.05) is 47.8 Å². The third-order valence-corrected chi connectivity index (χ3v) is 5.93. The van der Waals surface area contributed by atoms with Gasteiger partial charge in [-0.25, -0.2) is 14.4 Å². The molecule has 0 saturated carbocycles. The van der Waals surface area contributed by atoms with Crippen molar-refractivity contribution in [3.63, 3.8) is 0 Å². The number of rotatable bonds is 14. The Morgan fingerprint density at radius 2 is 1.71 bits per heavy atom. The smallest absolute Gasteiger partial charge is 0.407 e. The number of alkyl carbamates (subject to hydrolysis) is 1. The Bertz CT molecular complexity index is 939. The van der Waals surface area contributed by atoms with Crippen LogP contribution in [0, 0.1) is 0 Å². The number of nitrogens with one attached hydrogen (secondary N) is 4. The predicted molar refractivity (Wildman–Crippen MR) is 132 cm³/mol. The Balaban J connectivity index is 1.78. The molecule has 0 aliphatic heterocycles. The van der Waals surface area contributed by atoms with Crippen LogP contribution in [0.5, 0.6) is 0 Å². The van der Waals surface area contributed by atoms with Gasteiger partial charge in [-0.05, 0) is 42.7 Å². The summed E-state index contributed by atoms with van der Waals surface area (Å²) >= 11 is 1.50. The van der Waals surface area contributed by atoms with Crippen molar-refractivity contribution in [3.05, 3.63) is 58.3 Å². The second kappa shape index (κ2) is 15.3. The van der Waals surface area contributed by atoms with Crippen LogP contribution in [0.3, 0.4) is 0 Å². The van der Waals surface area contributed by atoms with E-state index in [-0.39, 0.29) is 18.9 Å². The highest BCUT2D eigenvalue weighted by Gasteiger charge is 2.23. The minimum Gasteiger partial charge on any atom is -0.480 e. The van der Waals surface area contributed by atoms with Gasteiger partial charge in [0.15, 0.2) is 0 Å². The number of carboxylic acid groups (broad SMARTS) is 1. The second-order valence-corrected chi connectivity index (χ2v) is 8.78. The summed E-state index contributed by atoms with van der Waals surface area (Å²) in [5, 5.41) is 21.4. The quantitative estimate of drug-likeness (QED) is 0.250. The van der Waals surface area contributed by atoms with Crippen molar-refractivity contribution in [1.29, 1.82) is 0 Å². The van der Waals surface area contributed by atoms with Crippen LogP contribution in [0.4, 0.5) is 9.59 Å². The molecule has 2 aromatic rings. The van der Waals surface area contributed by atoms with Crippen LogP contribution in [0.1, 0.15) is 43.0 Å². The van der Waals surface area contributed by atoms with E-state index in [4.69, 9.17) is 9.84 Å². The zero-order chi connectivity index (χ0) is 25.5. The van der Waals surface area contributed by atoms with Crippen molar-refractivity contribution in [1.82, 2.24) is 21.3 Å². The van der Waals surface area contributed by atoms with E-state index in [2.05, 4.69) is 21.3 Å². The normalized spacial score (nSPS) is 12.1. The van der Waals surface area contributed by atoms with E-state index >= 15 is 0 Å². The highest BCUT2D eigenvalue weighted by Crippen LogP contribution is 2.08. The number of ether oxygens (including phenoxy) is 1. The number of carboxylic acids is 1. The lowest BCUT2D eigenvalue weighted by Crippen LogP contribution is -2.53. The minimum absolute atomic E-state index is 0.174. The summed E-state index contributed by atoms with van der Waals surface area (Å²) in [5.41, 5.74) is 0.886. The lowest BCUT2D eigenvalue weighted by molar-refractivity contribution is -0.139. The molecule has 1 aromatic carbocycles. The maximum atomic E-state index is 12.7. The molecule has 0 saturated heterocycles. The van der Waals surface area contributed by atoms with Gasteiger partial charge in [0.1, 0.15) is 18.7 Å². The largest absolute Gasteiger partial charge is 0.480 e. The molecular weight excluding hydrogens is 472 g/mol. The number of hydrogen-bond acceptors (Lipinski definition) is 6. The summed E-state index contributed by atoms with van der Waals surface area (Å²) in [6.07, 6.45) is 1.09. The third kappa shape index (κ3) is 10.9. The molecule has 2 rings (SSSR count). The Morgan fingerprint density at radius 3 is 2.37 bits per heavy atom. The lowest BCUT2D eigenvalue weighted by Gasteiger charge is -2.20. The first-order chi connectivity index (χ1) is 16.9. The van der Waals surface area contributed by atoms with Crippen molar-refractivity contribution in [3.8, 4) is 0 Å². The average Bonchev–Trinajstić information content (AvgIpc) is 3.38. The van der Waals surface area contributed by atoms with Crippen molar-refractivity contribution < 1.29 is 29.0 Å². The predicted octanol–water partition coefficient (Wildman–Crippen LogP) is 2.99. The fourth-order valence-electron chi connectivity index (χ4n) is 3.11. The first kappa shape index (κ1) is 27.6. The summed E-state index contributed by atoms with van der Waals surface area (Å²) in [5.74, 6) is -1.52. The van der Waals surface area contributed by atoms with E-state index < -0.39 is 30.2 Å². The van der Waals surface area contributed by atoms with E-state index in [0.717, 1.165) is 10.4 Å². The molecule has 35 heavy (non-hydrogen) atoms. The minimum atomic E-state index is -1.15. The molecule has 0 radical (unpaired) electrons. The number of hydrogen-bond donors (Lipinski definition) is 5. The lowest BCUT2D eigenvalue weighted by atomic mass is 10.1. The van der Waals surface area contributed by atoms with Crippen LogP contribution in [0.15, 0.2) is 47.8 Å². The fraction of sp³-hybridized carbons (Fsp3) is 0.417. The van der Waals surface area contributed by atoms with Gasteiger partial charge in [-0.3, -0.25) is 4.79 Å². The van der Waals surface area contributed by atoms with Gasteiger partial charge in [0.05, 0.1) is 6.54 Å². The highest BCUT2D eigenvalue weighted by atomic mass is 32.1. The second-order valence-electron chi connectivity index (χ2n) is 7.75. The van der Waals surface area contributed by atoms with Crippen molar-refractivity contribution in [2.45, 2.75) is 57.8 Å². The summed E-state index contributed by atoms with van der Waals surface area (Å²) in [4.78, 5) is 49.0. The first-order valence-corrected chi connectivity index (χ1v) is 12.3. The molecule has 0 bridgehead atoms. The van der Waals surface area contributed by atoms with Gasteiger partial charge in [0, 0.05) is 11.4 Å². The molecule has 0 unspecified atom stereocenters. The Labute approximate surface area is 208 Å². The molecule has 0 aliphatic rings. The number of carbonyl (C=O) groups excluding carboxylic acids is 3. The molecule has 0 aliphatic carbocycles. The van der Waals surface area contributed by atoms with Crippen LogP contribution in [-0.4, -0.2) is 47.7 Å². The van der Waals surface area contributed by atoms with Gasteiger partial charge in [-0.1, -0.05) is 43.3 Å². The fourth-order valence-corrected chi connectivity index (χ4v) is 3.76. The third-order valence-electron chi connectivity index (χ3n) is 5.05. The summed E-state index contributed by atoms with van der Waals surface area (Å²) in [7, 11) is 0. The number of urea groups is 1. The molecule has 0 fully saturated rings. The standard InChI is InChI=1S/C24H32N4O6S/c1-2-19(22(30)31)27-23(32)28-20(21(29)26-15-18-11-8-14-35-18)12-6-7-13-25-24(33)34-16-17-9-4-3-5-10-17/h3-5,8-11,14,19-20H,2,6-7,12-13,15-16H2,1H3,(H,25,33)(H,26,29)(H,30,31)(H2,27,28,32)/t19-,20-/m0/s1. The Morgan fingerprint density at radius 1 is 0.971 bits per heavy atom. The SMILES string of the molecule is CC[C@H](NC(=O)N[C@@H](CCCCNC(=O)OCc1ccccc1)C(=O)NCc1cccs1)C(=O)O. The summed E-state index contributed by atoms with van der Waals surface area (Å²) < 4.78 is 5.15. The van der Waals surface area contributed by atoms with Crippen molar-refractivity contribution >= 4 is 35.3 Å². The number of amides is 4. The Hall–Kier alpha value is -3.60. The molecule has 5 N–H and O–H groups in total. The molecule has 11 heteroatoms. The number of aliphatic carboxylic acids is 1. The van der Waals surface area contributed by atoms with E-state index in [0.29, 0.717) is 32.4 Å². The topological polar surface area (TPSA) is 146 Å². The summed E-state index contributed by atoms with van der Waals surface area (Å²) in [6.45, 7) is 2.49. The maximum absolute atomic E-state index is 12.7. The van der Waals surface area contributed by atoms with Crippen LogP contribution in [0.25, 0.3) is 0 Å². The maximum Gasteiger partial charge on any atom is 0.407 e. The van der Waals surface area contributed by atoms with E-state index in [1.165, 1.54) is 11.3 Å². The average molecular weight is 505 g/mol. The van der Waals surface area contributed by atoms with E-state index in [9.17, 15) is 19.2 Å². The number of carbonyl (C=O) groups is 4. The van der Waals surface area contributed by atoms with Gasteiger partial charge < -0.3 is 31.1 Å². The molecular formula is C24H32N4O6S. The molecule has 10 nitrogen and oxygen atoms in total. The van der Waals surface area contributed by atoms with Gasteiger partial charge >= 0.3 is 18.1 Å². The van der Waals surface area contributed by atoms with Crippen molar-refractivity contribution in [2.24, 2.45) is 0 Å². The van der Waals surface area contributed by atoms with E-state index in [1.54, 1.807) is 6.92 Å². The Kier molecular flexibility index (Phi) is 12.1. The van der Waals surface area contributed by atoms with Crippen LogP contribution >= 0.6 is 11.3 Å². The number of benzene rings is 1. The van der Waals surface area contributed by atoms with Crippen LogP contribution in [0.2, 0.25) is 0 Å². The number of thiophene rings is 1. The molecule has 1 heterocycles. The van der Waals surface area contributed by atoms with Crippen LogP contribution < -0.4 is 21.3 Å². The van der Waals surface area contributed by atoms with Gasteiger partial charge in [-0.15, -0.1) is 11.3 Å². The zero-order valence-corrected chi connectivity index (χ0v) is 20.4. The van der Waals surface area contributed by atoms with Crippen LogP contribution in [-0.2, 0) is 27.5 Å². The van der Waals surface area contributed by atoms with Gasteiger partial charge in [0.25, 0.3) is 0 Å². The zero-order valence-electron chi connectivity index (χ0n) is 19.6. The molecule has 1 aromatic heterocycles. The molecule has 4 amide bonds. The summed E-state index contributed by atoms with van der Waals surface area (Å²) in [6, 6.07) is 10.5. The molecule has 190 valence electrons. The highest BCUT2D eigenvalue weighted by molar-refractivity contribution is 7.09. The number of unbranched alkanes of at least 4 members (excludes halogenated alkanes) is 1. The molecule has 2 atom stereocenters. The monoisotopic (exact) mass is 504 g/mol. The van der Waals surface area contributed by atoms with Gasteiger partial charge in [0.2, 0.25) is 5.91 Å². The van der Waals surface area contributed by atoms with Crippen molar-refractivity contribution in [2.75, 3.05) is 6.54 Å². The first-order valence-electron chi connectivity index (χ1n) is 11.4. The molecule has 0 spiro atoms.